The number of nitrogens with one attached hydrogen (secondary N) is 1. The van der Waals surface area contributed by atoms with Gasteiger partial charge in [-0.3, -0.25) is 0 Å². The van der Waals surface area contributed by atoms with Crippen molar-refractivity contribution in [2.45, 2.75) is 6.92 Å². The van der Waals surface area contributed by atoms with E-state index in [1.807, 2.05) is 25.1 Å². The van der Waals surface area contributed by atoms with E-state index in [0.29, 0.717) is 32.9 Å². The van der Waals surface area contributed by atoms with Gasteiger partial charge in [0.25, 0.3) is 0 Å². The van der Waals surface area contributed by atoms with Crippen molar-refractivity contribution in [2.75, 3.05) is 12.4 Å². The fraction of sp³-hybridized carbons (Fsp3) is 0.105. The van der Waals surface area contributed by atoms with E-state index in [1.165, 1.54) is 6.33 Å². The van der Waals surface area contributed by atoms with Crippen LogP contribution in [0.2, 0.25) is 10.0 Å². The summed E-state index contributed by atoms with van der Waals surface area (Å²) in [6.45, 7) is 1.95. The molecule has 0 aliphatic heterocycles. The lowest BCUT2D eigenvalue weighted by Gasteiger charge is -2.11. The molecular formula is C19H15Cl2N5O. The van der Waals surface area contributed by atoms with Crippen LogP contribution in [0.4, 0.5) is 11.5 Å². The Bertz CT molecular complexity index is 1140. The number of aromatic nitrogens is 4. The summed E-state index contributed by atoms with van der Waals surface area (Å²) in [7, 11) is 1.60. The van der Waals surface area contributed by atoms with Gasteiger partial charge in [0.2, 0.25) is 0 Å². The minimum Gasteiger partial charge on any atom is -0.495 e. The average molecular weight is 400 g/mol. The van der Waals surface area contributed by atoms with Gasteiger partial charge in [-0.2, -0.15) is 5.10 Å². The number of benzene rings is 2. The molecule has 2 aromatic heterocycles. The van der Waals surface area contributed by atoms with Gasteiger partial charge < -0.3 is 10.1 Å². The summed E-state index contributed by atoms with van der Waals surface area (Å²) in [5.41, 5.74) is 3.19. The highest BCUT2D eigenvalue weighted by Gasteiger charge is 2.13. The van der Waals surface area contributed by atoms with Gasteiger partial charge in [-0.05, 0) is 42.8 Å². The lowest BCUT2D eigenvalue weighted by atomic mass is 10.2. The third-order valence-corrected chi connectivity index (χ3v) is 4.82. The molecule has 0 saturated carbocycles. The standard InChI is InChI=1S/C19H15Cl2N5O/c1-11-3-5-13(8-15(11)21)26-19-14(9-24-26)18(22-10-23-19)25-16-7-12(20)4-6-17(16)27-2/h3-10H,1-2H3,(H,22,23,25). The molecule has 27 heavy (non-hydrogen) atoms. The summed E-state index contributed by atoms with van der Waals surface area (Å²) in [6.07, 6.45) is 3.19. The van der Waals surface area contributed by atoms with Crippen LogP contribution in [-0.4, -0.2) is 26.9 Å². The van der Waals surface area contributed by atoms with Crippen molar-refractivity contribution < 1.29 is 4.74 Å². The predicted molar refractivity (Wildman–Crippen MR) is 108 cm³/mol. The number of ether oxygens (including phenoxy) is 1. The molecule has 0 radical (unpaired) electrons. The van der Waals surface area contributed by atoms with Crippen molar-refractivity contribution in [2.24, 2.45) is 0 Å². The Balaban J connectivity index is 1.79. The Morgan fingerprint density at radius 3 is 2.70 bits per heavy atom. The van der Waals surface area contributed by atoms with Crippen LogP contribution in [0.1, 0.15) is 5.56 Å². The van der Waals surface area contributed by atoms with Gasteiger partial charge in [-0.25, -0.2) is 14.6 Å². The van der Waals surface area contributed by atoms with Crippen LogP contribution in [0.5, 0.6) is 5.75 Å². The Kier molecular flexibility index (Phi) is 4.59. The SMILES string of the molecule is COc1ccc(Cl)cc1Nc1ncnc2c1cnn2-c1ccc(C)c(Cl)c1. The monoisotopic (exact) mass is 399 g/mol. The molecule has 6 nitrogen and oxygen atoms in total. The topological polar surface area (TPSA) is 64.9 Å². The summed E-state index contributed by atoms with van der Waals surface area (Å²) in [4.78, 5) is 8.73. The molecular weight excluding hydrogens is 385 g/mol. The van der Waals surface area contributed by atoms with Crippen LogP contribution in [0.25, 0.3) is 16.7 Å². The van der Waals surface area contributed by atoms with Crippen molar-refractivity contribution in [1.29, 1.82) is 0 Å². The molecule has 1 N–H and O–H groups in total. The van der Waals surface area contributed by atoms with Gasteiger partial charge in [-0.1, -0.05) is 29.3 Å². The zero-order valence-electron chi connectivity index (χ0n) is 14.6. The van der Waals surface area contributed by atoms with Crippen molar-refractivity contribution in [1.82, 2.24) is 19.7 Å². The molecule has 0 unspecified atom stereocenters. The molecule has 4 rings (SSSR count). The average Bonchev–Trinajstić information content (AvgIpc) is 3.09. The minimum absolute atomic E-state index is 0.591. The van der Waals surface area contributed by atoms with Crippen LogP contribution < -0.4 is 10.1 Å². The zero-order chi connectivity index (χ0) is 19.0. The number of hydrogen-bond acceptors (Lipinski definition) is 5. The number of halogens is 2. The molecule has 2 aromatic carbocycles. The smallest absolute Gasteiger partial charge is 0.168 e. The van der Waals surface area contributed by atoms with Crippen molar-refractivity contribution in [3.8, 4) is 11.4 Å². The quantitative estimate of drug-likeness (QED) is 0.511. The number of aryl methyl sites for hydroxylation is 1. The number of rotatable bonds is 4. The van der Waals surface area contributed by atoms with Crippen LogP contribution in [0.3, 0.4) is 0 Å². The first-order valence-corrected chi connectivity index (χ1v) is 8.88. The minimum atomic E-state index is 0.591. The van der Waals surface area contributed by atoms with Crippen LogP contribution >= 0.6 is 23.2 Å². The maximum absolute atomic E-state index is 6.26. The van der Waals surface area contributed by atoms with Gasteiger partial charge in [0, 0.05) is 10.0 Å². The van der Waals surface area contributed by atoms with Crippen LogP contribution in [0.15, 0.2) is 48.9 Å². The Labute approximate surface area is 165 Å². The van der Waals surface area contributed by atoms with Gasteiger partial charge in [0.15, 0.2) is 5.65 Å². The summed E-state index contributed by atoms with van der Waals surface area (Å²) < 4.78 is 7.11. The Morgan fingerprint density at radius 2 is 1.93 bits per heavy atom. The van der Waals surface area contributed by atoms with Gasteiger partial charge >= 0.3 is 0 Å². The molecule has 0 amide bonds. The summed E-state index contributed by atoms with van der Waals surface area (Å²) in [5.74, 6) is 1.26. The molecule has 0 fully saturated rings. The fourth-order valence-corrected chi connectivity index (χ4v) is 3.10. The first-order chi connectivity index (χ1) is 13.1. The van der Waals surface area contributed by atoms with E-state index in [0.717, 1.165) is 16.6 Å². The largest absolute Gasteiger partial charge is 0.495 e. The second kappa shape index (κ2) is 7.06. The number of fused-ring (bicyclic) bond motifs is 1. The molecule has 0 aliphatic carbocycles. The third-order valence-electron chi connectivity index (χ3n) is 4.18. The molecule has 136 valence electrons. The summed E-state index contributed by atoms with van der Waals surface area (Å²) in [6, 6.07) is 11.1. The highest BCUT2D eigenvalue weighted by atomic mass is 35.5. The van der Waals surface area contributed by atoms with Gasteiger partial charge in [-0.15, -0.1) is 0 Å². The molecule has 0 aliphatic rings. The lowest BCUT2D eigenvalue weighted by Crippen LogP contribution is -2.00. The Hall–Kier alpha value is -2.83. The number of methoxy groups -OCH3 is 1. The first-order valence-electron chi connectivity index (χ1n) is 8.12. The summed E-state index contributed by atoms with van der Waals surface area (Å²) >= 11 is 12.4. The molecule has 0 spiro atoms. The lowest BCUT2D eigenvalue weighted by molar-refractivity contribution is 0.417. The molecule has 0 bridgehead atoms. The fourth-order valence-electron chi connectivity index (χ4n) is 2.75. The normalized spacial score (nSPS) is 11.0. The maximum Gasteiger partial charge on any atom is 0.168 e. The van der Waals surface area contributed by atoms with Gasteiger partial charge in [0.05, 0.1) is 30.1 Å². The van der Waals surface area contributed by atoms with Gasteiger partial charge in [0.1, 0.15) is 17.9 Å². The molecule has 0 atom stereocenters. The maximum atomic E-state index is 6.26. The molecule has 2 heterocycles. The second-order valence-corrected chi connectivity index (χ2v) is 6.76. The zero-order valence-corrected chi connectivity index (χ0v) is 16.1. The van der Waals surface area contributed by atoms with E-state index in [1.54, 1.807) is 36.2 Å². The van der Waals surface area contributed by atoms with Crippen LogP contribution in [0, 0.1) is 6.92 Å². The molecule has 4 aromatic rings. The van der Waals surface area contributed by atoms with E-state index in [2.05, 4.69) is 20.4 Å². The summed E-state index contributed by atoms with van der Waals surface area (Å²) in [5, 5.41) is 9.73. The van der Waals surface area contributed by atoms with Crippen LogP contribution in [-0.2, 0) is 0 Å². The Morgan fingerprint density at radius 1 is 1.07 bits per heavy atom. The van der Waals surface area contributed by atoms with Crippen molar-refractivity contribution in [3.63, 3.8) is 0 Å². The predicted octanol–water partition coefficient (Wildman–Crippen LogP) is 5.18. The number of hydrogen-bond donors (Lipinski definition) is 1. The highest BCUT2D eigenvalue weighted by Crippen LogP contribution is 2.32. The van der Waals surface area contributed by atoms with E-state index in [9.17, 15) is 0 Å². The van der Waals surface area contributed by atoms with E-state index in [-0.39, 0.29) is 0 Å². The van der Waals surface area contributed by atoms with E-state index >= 15 is 0 Å². The molecule has 0 saturated heterocycles. The number of anilines is 2. The number of nitrogens with zero attached hydrogens (tertiary/aromatic N) is 4. The molecule has 8 heteroatoms. The van der Waals surface area contributed by atoms with Crippen molar-refractivity contribution >= 4 is 45.7 Å². The van der Waals surface area contributed by atoms with E-state index in [4.69, 9.17) is 27.9 Å². The third kappa shape index (κ3) is 3.29. The van der Waals surface area contributed by atoms with E-state index < -0.39 is 0 Å². The van der Waals surface area contributed by atoms with Crippen molar-refractivity contribution in [3.05, 3.63) is 64.5 Å². The highest BCUT2D eigenvalue weighted by molar-refractivity contribution is 6.31. The second-order valence-electron chi connectivity index (χ2n) is 5.92. The first kappa shape index (κ1) is 17.6.